The van der Waals surface area contributed by atoms with E-state index in [1.54, 1.807) is 10.8 Å². The zero-order chi connectivity index (χ0) is 12.9. The molecule has 3 heterocycles. The van der Waals surface area contributed by atoms with Crippen molar-refractivity contribution >= 4 is 0 Å². The smallest absolute Gasteiger partial charge is 0.302 e. The van der Waals surface area contributed by atoms with Gasteiger partial charge in [-0.1, -0.05) is 6.92 Å². The van der Waals surface area contributed by atoms with Gasteiger partial charge < -0.3 is 19.7 Å². The van der Waals surface area contributed by atoms with Gasteiger partial charge in [0.05, 0.1) is 6.61 Å². The van der Waals surface area contributed by atoms with Crippen LogP contribution >= 0.6 is 0 Å². The van der Waals surface area contributed by atoms with Gasteiger partial charge in [-0.2, -0.15) is 4.98 Å². The number of aliphatic hydroxyl groups excluding tert-OH is 2. The molecular formula is C11H14N2O5. The van der Waals surface area contributed by atoms with E-state index in [-0.39, 0.29) is 18.2 Å². The molecule has 4 atom stereocenters. The van der Waals surface area contributed by atoms with Crippen LogP contribution in [0.3, 0.4) is 0 Å². The van der Waals surface area contributed by atoms with Crippen LogP contribution in [0.5, 0.6) is 6.01 Å². The Balaban J connectivity index is 2.01. The number of aromatic nitrogens is 2. The van der Waals surface area contributed by atoms with Gasteiger partial charge in [0.1, 0.15) is 12.2 Å². The number of rotatable bonds is 2. The van der Waals surface area contributed by atoms with E-state index in [0.29, 0.717) is 12.0 Å². The summed E-state index contributed by atoms with van der Waals surface area (Å²) in [4.78, 5) is 15.4. The Bertz CT molecular complexity index is 529. The summed E-state index contributed by atoms with van der Waals surface area (Å²) in [7, 11) is 0. The fraction of sp³-hybridized carbons (Fsp3) is 0.636. The predicted molar refractivity (Wildman–Crippen MR) is 59.3 cm³/mol. The largest absolute Gasteiger partial charge is 0.453 e. The Morgan fingerprint density at radius 2 is 2.33 bits per heavy atom. The first-order valence-electron chi connectivity index (χ1n) is 5.88. The Morgan fingerprint density at radius 1 is 1.56 bits per heavy atom. The summed E-state index contributed by atoms with van der Waals surface area (Å²) in [5, 5.41) is 19.0. The van der Waals surface area contributed by atoms with E-state index < -0.39 is 24.5 Å². The van der Waals surface area contributed by atoms with Crippen molar-refractivity contribution in [3.8, 4) is 6.01 Å². The molecule has 0 saturated carbocycles. The van der Waals surface area contributed by atoms with Crippen LogP contribution < -0.4 is 10.3 Å². The van der Waals surface area contributed by atoms with Gasteiger partial charge in [-0.05, 0) is 6.42 Å². The summed E-state index contributed by atoms with van der Waals surface area (Å²) < 4.78 is 12.5. The van der Waals surface area contributed by atoms with Crippen molar-refractivity contribution in [2.45, 2.75) is 37.9 Å². The average molecular weight is 254 g/mol. The van der Waals surface area contributed by atoms with Crippen LogP contribution in [-0.2, 0) is 11.2 Å². The van der Waals surface area contributed by atoms with Crippen LogP contribution in [0.25, 0.3) is 0 Å². The lowest BCUT2D eigenvalue weighted by molar-refractivity contribution is -0.0435. The van der Waals surface area contributed by atoms with E-state index in [4.69, 9.17) is 14.6 Å². The van der Waals surface area contributed by atoms with E-state index in [9.17, 15) is 9.90 Å². The van der Waals surface area contributed by atoms with Gasteiger partial charge in [0.25, 0.3) is 5.56 Å². The molecule has 0 aromatic carbocycles. The minimum atomic E-state index is -0.929. The second kappa shape index (κ2) is 4.04. The lowest BCUT2D eigenvalue weighted by atomic mass is 10.1. The molecule has 2 N–H and O–H groups in total. The van der Waals surface area contributed by atoms with Crippen molar-refractivity contribution < 1.29 is 19.7 Å². The Kier molecular flexibility index (Phi) is 2.61. The van der Waals surface area contributed by atoms with Gasteiger partial charge in [0.2, 0.25) is 0 Å². The summed E-state index contributed by atoms with van der Waals surface area (Å²) in [5.74, 6) is 0. The van der Waals surface area contributed by atoms with Crippen molar-refractivity contribution in [2.24, 2.45) is 0 Å². The SMILES string of the molecule is CCc1cn2c(nc1=O)O[C@H]1[C@H](O)[C@@H](CO)O[C@H]12. The first kappa shape index (κ1) is 11.6. The molecule has 7 heteroatoms. The highest BCUT2D eigenvalue weighted by Crippen LogP contribution is 2.38. The van der Waals surface area contributed by atoms with Crippen molar-refractivity contribution in [3.05, 3.63) is 22.1 Å². The molecule has 0 bridgehead atoms. The molecule has 1 saturated heterocycles. The molecule has 0 amide bonds. The molecule has 2 aliphatic rings. The van der Waals surface area contributed by atoms with E-state index in [1.807, 2.05) is 6.92 Å². The molecule has 3 rings (SSSR count). The number of aliphatic hydroxyl groups is 2. The lowest BCUT2D eigenvalue weighted by Gasteiger charge is -2.14. The fourth-order valence-corrected chi connectivity index (χ4v) is 2.35. The standard InChI is InChI=1S/C11H14N2O5/c1-2-5-3-13-10-8(7(15)6(4-14)17-10)18-11(13)12-9(5)16/h3,6-8,10,14-15H,2,4H2,1H3/t6-,7-,8+,10-/m1/s1. The number of aryl methyl sites for hydroxylation is 1. The number of hydrogen-bond donors (Lipinski definition) is 2. The summed E-state index contributed by atoms with van der Waals surface area (Å²) >= 11 is 0. The van der Waals surface area contributed by atoms with Crippen LogP contribution in [0.1, 0.15) is 18.7 Å². The Hall–Kier alpha value is -1.44. The predicted octanol–water partition coefficient (Wildman–Crippen LogP) is -1.18. The van der Waals surface area contributed by atoms with E-state index in [1.165, 1.54) is 0 Å². The van der Waals surface area contributed by atoms with Crippen molar-refractivity contribution in [3.63, 3.8) is 0 Å². The molecule has 18 heavy (non-hydrogen) atoms. The number of fused-ring (bicyclic) bond motifs is 3. The van der Waals surface area contributed by atoms with E-state index >= 15 is 0 Å². The lowest BCUT2D eigenvalue weighted by Crippen LogP contribution is -2.34. The van der Waals surface area contributed by atoms with Gasteiger partial charge in [-0.3, -0.25) is 9.36 Å². The Labute approximate surface area is 103 Å². The summed E-state index contributed by atoms with van der Waals surface area (Å²) in [6, 6.07) is 0.155. The number of ether oxygens (including phenoxy) is 2. The molecule has 98 valence electrons. The van der Waals surface area contributed by atoms with E-state index in [2.05, 4.69) is 4.98 Å². The maximum atomic E-state index is 11.6. The van der Waals surface area contributed by atoms with E-state index in [0.717, 1.165) is 0 Å². The number of nitrogens with zero attached hydrogens (tertiary/aromatic N) is 2. The van der Waals surface area contributed by atoms with Gasteiger partial charge in [0, 0.05) is 11.8 Å². The molecule has 0 spiro atoms. The monoisotopic (exact) mass is 254 g/mol. The fourth-order valence-electron chi connectivity index (χ4n) is 2.35. The maximum absolute atomic E-state index is 11.6. The number of hydrogen-bond acceptors (Lipinski definition) is 6. The van der Waals surface area contributed by atoms with Crippen LogP contribution in [0.2, 0.25) is 0 Å². The second-order valence-corrected chi connectivity index (χ2v) is 4.44. The summed E-state index contributed by atoms with van der Waals surface area (Å²) in [6.45, 7) is 1.58. The topological polar surface area (TPSA) is 93.8 Å². The quantitative estimate of drug-likeness (QED) is 0.690. The summed E-state index contributed by atoms with van der Waals surface area (Å²) in [6.07, 6.45) is -0.552. The zero-order valence-electron chi connectivity index (χ0n) is 9.81. The van der Waals surface area contributed by atoms with Gasteiger partial charge in [-0.15, -0.1) is 0 Å². The molecule has 0 radical (unpaired) electrons. The maximum Gasteiger partial charge on any atom is 0.302 e. The van der Waals surface area contributed by atoms with Crippen molar-refractivity contribution in [1.29, 1.82) is 0 Å². The molecule has 2 aliphatic heterocycles. The first-order valence-corrected chi connectivity index (χ1v) is 5.88. The highest BCUT2D eigenvalue weighted by atomic mass is 16.6. The first-order chi connectivity index (χ1) is 8.65. The molecule has 1 fully saturated rings. The average Bonchev–Trinajstić information content (AvgIpc) is 2.85. The van der Waals surface area contributed by atoms with Crippen LogP contribution in [-0.4, -0.2) is 44.7 Å². The third-order valence-corrected chi connectivity index (χ3v) is 3.38. The molecule has 0 aliphatic carbocycles. The highest BCUT2D eigenvalue weighted by molar-refractivity contribution is 5.16. The molecule has 1 aromatic heterocycles. The van der Waals surface area contributed by atoms with Gasteiger partial charge in [-0.25, -0.2) is 0 Å². The third-order valence-electron chi connectivity index (χ3n) is 3.38. The normalized spacial score (nSPS) is 33.1. The van der Waals surface area contributed by atoms with Gasteiger partial charge in [0.15, 0.2) is 12.3 Å². The minimum Gasteiger partial charge on any atom is -0.453 e. The van der Waals surface area contributed by atoms with Crippen LogP contribution in [0, 0.1) is 0 Å². The highest BCUT2D eigenvalue weighted by Gasteiger charge is 2.51. The third kappa shape index (κ3) is 1.48. The van der Waals surface area contributed by atoms with Crippen LogP contribution in [0.4, 0.5) is 0 Å². The minimum absolute atomic E-state index is 0.155. The van der Waals surface area contributed by atoms with Crippen molar-refractivity contribution in [2.75, 3.05) is 6.61 Å². The summed E-state index contributed by atoms with van der Waals surface area (Å²) in [5.41, 5.74) is 0.241. The van der Waals surface area contributed by atoms with Crippen LogP contribution in [0.15, 0.2) is 11.0 Å². The van der Waals surface area contributed by atoms with Crippen molar-refractivity contribution in [1.82, 2.24) is 9.55 Å². The molecular weight excluding hydrogens is 240 g/mol. The molecule has 7 nitrogen and oxygen atoms in total. The molecule has 1 aromatic rings. The zero-order valence-corrected chi connectivity index (χ0v) is 9.81. The molecule has 0 unspecified atom stereocenters. The second-order valence-electron chi connectivity index (χ2n) is 4.44. The Morgan fingerprint density at radius 3 is 3.00 bits per heavy atom. The van der Waals surface area contributed by atoms with Gasteiger partial charge >= 0.3 is 6.01 Å².